The van der Waals surface area contributed by atoms with Gasteiger partial charge in [-0.3, -0.25) is 4.79 Å². The van der Waals surface area contributed by atoms with Gasteiger partial charge in [0.2, 0.25) is 0 Å². The Balaban J connectivity index is 1.89. The number of benzene rings is 2. The molecule has 1 heterocycles. The van der Waals surface area contributed by atoms with E-state index >= 15 is 0 Å². The number of amides is 1. The first-order chi connectivity index (χ1) is 17.5. The minimum atomic E-state index is -0.818. The Labute approximate surface area is 226 Å². The highest BCUT2D eigenvalue weighted by molar-refractivity contribution is 6.31. The van der Waals surface area contributed by atoms with Crippen molar-refractivity contribution in [1.82, 2.24) is 15.3 Å². The zero-order valence-corrected chi connectivity index (χ0v) is 22.4. The van der Waals surface area contributed by atoms with E-state index in [1.165, 1.54) is 0 Å². The summed E-state index contributed by atoms with van der Waals surface area (Å²) in [6.07, 6.45) is 2.35. The van der Waals surface area contributed by atoms with E-state index in [0.717, 1.165) is 12.8 Å². The maximum absolute atomic E-state index is 13.5. The second-order valence-corrected chi connectivity index (χ2v) is 10.9. The second kappa shape index (κ2) is 11.2. The Morgan fingerprint density at radius 2 is 1.35 bits per heavy atom. The molecule has 1 fully saturated rings. The number of aliphatic hydroxyl groups is 1. The predicted octanol–water partition coefficient (Wildman–Crippen LogP) is 6.11. The number of aromatic nitrogens is 2. The quantitative estimate of drug-likeness (QED) is 0.378. The lowest BCUT2D eigenvalue weighted by atomic mass is 9.92. The fourth-order valence-corrected chi connectivity index (χ4v) is 4.45. The maximum atomic E-state index is 13.5. The maximum Gasteiger partial charge on any atom is 0.359 e. The number of carbonyl (C=O) groups is 2. The molecule has 1 aliphatic rings. The van der Waals surface area contributed by atoms with E-state index in [4.69, 9.17) is 27.9 Å². The first kappa shape index (κ1) is 27.0. The lowest BCUT2D eigenvalue weighted by Crippen LogP contribution is -2.45. The highest BCUT2D eigenvalue weighted by Gasteiger charge is 2.31. The van der Waals surface area contributed by atoms with E-state index in [1.807, 2.05) is 0 Å². The van der Waals surface area contributed by atoms with Gasteiger partial charge in [0.05, 0.1) is 23.5 Å². The van der Waals surface area contributed by atoms with Crippen molar-refractivity contribution in [2.75, 3.05) is 0 Å². The van der Waals surface area contributed by atoms with Gasteiger partial charge in [-0.2, -0.15) is 0 Å². The van der Waals surface area contributed by atoms with Crippen LogP contribution in [0.25, 0.3) is 22.5 Å². The summed E-state index contributed by atoms with van der Waals surface area (Å²) in [4.78, 5) is 36.1. The van der Waals surface area contributed by atoms with E-state index < -0.39 is 29.6 Å². The molecule has 0 unspecified atom stereocenters. The molecule has 0 spiro atoms. The molecule has 0 bridgehead atoms. The summed E-state index contributed by atoms with van der Waals surface area (Å²) in [5, 5.41) is 14.3. The number of carbonyl (C=O) groups excluding carboxylic acids is 2. The van der Waals surface area contributed by atoms with Crippen LogP contribution in [0.15, 0.2) is 48.5 Å². The number of ether oxygens (including phenoxy) is 1. The summed E-state index contributed by atoms with van der Waals surface area (Å²) in [5.74, 6) is -1.37. The van der Waals surface area contributed by atoms with Gasteiger partial charge < -0.3 is 15.2 Å². The van der Waals surface area contributed by atoms with Crippen LogP contribution in [0.4, 0.5) is 0 Å². The average molecular weight is 542 g/mol. The van der Waals surface area contributed by atoms with Gasteiger partial charge in [-0.25, -0.2) is 14.8 Å². The van der Waals surface area contributed by atoms with Crippen LogP contribution >= 0.6 is 23.2 Å². The van der Waals surface area contributed by atoms with Gasteiger partial charge in [0.25, 0.3) is 5.91 Å². The fourth-order valence-electron chi connectivity index (χ4n) is 4.20. The Kier molecular flexibility index (Phi) is 8.17. The van der Waals surface area contributed by atoms with Crippen LogP contribution in [0.2, 0.25) is 10.0 Å². The van der Waals surface area contributed by atoms with Crippen molar-refractivity contribution in [3.05, 3.63) is 70.0 Å². The third kappa shape index (κ3) is 6.66. The molecule has 0 aliphatic heterocycles. The molecular formula is C28H29Cl2N3O4. The van der Waals surface area contributed by atoms with Crippen LogP contribution in [-0.4, -0.2) is 44.7 Å². The average Bonchev–Trinajstić information content (AvgIpc) is 2.84. The van der Waals surface area contributed by atoms with E-state index in [1.54, 1.807) is 69.3 Å². The van der Waals surface area contributed by atoms with Crippen molar-refractivity contribution in [3.8, 4) is 22.5 Å². The summed E-state index contributed by atoms with van der Waals surface area (Å²) >= 11 is 12.2. The van der Waals surface area contributed by atoms with E-state index in [-0.39, 0.29) is 11.4 Å². The molecule has 1 aromatic heterocycles. The smallest absolute Gasteiger partial charge is 0.359 e. The minimum Gasteiger partial charge on any atom is -0.455 e. The topological polar surface area (TPSA) is 101 Å². The number of nitrogens with zero attached hydrogens (tertiary/aromatic N) is 2. The SMILES string of the molecule is CC(C)(C)OC(=O)c1nc(-c2ccc(Cl)cc2)c(-c2ccc(Cl)cc2)nc1C(=O)N[C@H]1CCCC[C@H]1O. The van der Waals surface area contributed by atoms with E-state index in [2.05, 4.69) is 15.3 Å². The molecule has 2 N–H and O–H groups in total. The highest BCUT2D eigenvalue weighted by Crippen LogP contribution is 2.32. The normalized spacial score (nSPS) is 17.8. The molecular weight excluding hydrogens is 513 g/mol. The molecule has 0 radical (unpaired) electrons. The summed E-state index contributed by atoms with van der Waals surface area (Å²) in [7, 11) is 0. The van der Waals surface area contributed by atoms with Crippen LogP contribution < -0.4 is 5.32 Å². The van der Waals surface area contributed by atoms with Crippen molar-refractivity contribution in [2.24, 2.45) is 0 Å². The molecule has 1 aliphatic carbocycles. The summed E-state index contributed by atoms with van der Waals surface area (Å²) in [5.41, 5.74) is 0.886. The molecule has 3 aromatic rings. The Morgan fingerprint density at radius 3 is 1.84 bits per heavy atom. The van der Waals surface area contributed by atoms with Gasteiger partial charge >= 0.3 is 5.97 Å². The number of hydrogen-bond acceptors (Lipinski definition) is 6. The molecule has 1 saturated carbocycles. The van der Waals surface area contributed by atoms with Gasteiger partial charge in [0.1, 0.15) is 5.60 Å². The standard InChI is InChI=1S/C28H29Cl2N3O4/c1-28(2,3)37-27(36)25-24(26(35)31-20-6-4-5-7-21(20)34)32-22(16-8-12-18(29)13-9-16)23(33-25)17-10-14-19(30)15-11-17/h8-15,20-21,34H,4-7H2,1-3H3,(H,31,35)/t20-,21+/m0/s1. The number of nitrogens with one attached hydrogen (secondary N) is 1. The van der Waals surface area contributed by atoms with Gasteiger partial charge in [-0.15, -0.1) is 0 Å². The first-order valence-corrected chi connectivity index (χ1v) is 12.9. The second-order valence-electron chi connectivity index (χ2n) is 10.1. The van der Waals surface area contributed by atoms with E-state index in [9.17, 15) is 14.7 Å². The molecule has 1 amide bonds. The summed E-state index contributed by atoms with van der Waals surface area (Å²) < 4.78 is 5.59. The van der Waals surface area contributed by atoms with E-state index in [0.29, 0.717) is 45.4 Å². The lowest BCUT2D eigenvalue weighted by Gasteiger charge is -2.28. The van der Waals surface area contributed by atoms with Crippen molar-refractivity contribution in [2.45, 2.75) is 64.2 Å². The lowest BCUT2D eigenvalue weighted by molar-refractivity contribution is 0.00600. The highest BCUT2D eigenvalue weighted by atomic mass is 35.5. The molecule has 37 heavy (non-hydrogen) atoms. The molecule has 194 valence electrons. The fraction of sp³-hybridized carbons (Fsp3) is 0.357. The Bertz CT molecular complexity index is 1290. The van der Waals surface area contributed by atoms with Crippen LogP contribution in [-0.2, 0) is 4.74 Å². The molecule has 2 aromatic carbocycles. The number of hydrogen-bond donors (Lipinski definition) is 2. The number of rotatable bonds is 5. The predicted molar refractivity (Wildman–Crippen MR) is 144 cm³/mol. The molecule has 7 nitrogen and oxygen atoms in total. The number of aliphatic hydroxyl groups excluding tert-OH is 1. The van der Waals surface area contributed by atoms with Crippen molar-refractivity contribution in [3.63, 3.8) is 0 Å². The first-order valence-electron chi connectivity index (χ1n) is 12.2. The summed E-state index contributed by atoms with van der Waals surface area (Å²) in [6, 6.07) is 13.5. The van der Waals surface area contributed by atoms with Crippen molar-refractivity contribution < 1.29 is 19.4 Å². The minimum absolute atomic E-state index is 0.172. The number of halogens is 2. The van der Waals surface area contributed by atoms with Crippen LogP contribution in [0, 0.1) is 0 Å². The molecule has 2 atom stereocenters. The van der Waals surface area contributed by atoms with Gasteiger partial charge in [0.15, 0.2) is 11.4 Å². The van der Waals surface area contributed by atoms with Gasteiger partial charge in [-0.05, 0) is 57.9 Å². The van der Waals surface area contributed by atoms with Gasteiger partial charge in [0, 0.05) is 21.2 Å². The third-order valence-corrected chi connectivity index (χ3v) is 6.49. The van der Waals surface area contributed by atoms with Gasteiger partial charge in [-0.1, -0.05) is 60.3 Å². The molecule has 4 rings (SSSR count). The third-order valence-electron chi connectivity index (χ3n) is 5.98. The zero-order valence-electron chi connectivity index (χ0n) is 20.9. The van der Waals surface area contributed by atoms with Crippen LogP contribution in [0.5, 0.6) is 0 Å². The largest absolute Gasteiger partial charge is 0.455 e. The molecule has 0 saturated heterocycles. The Hall–Kier alpha value is -3.00. The van der Waals surface area contributed by atoms with Crippen molar-refractivity contribution in [1.29, 1.82) is 0 Å². The zero-order chi connectivity index (χ0) is 26.7. The number of esters is 1. The summed E-state index contributed by atoms with van der Waals surface area (Å²) in [6.45, 7) is 5.20. The monoisotopic (exact) mass is 541 g/mol. The van der Waals surface area contributed by atoms with Crippen LogP contribution in [0.1, 0.15) is 67.4 Å². The Morgan fingerprint density at radius 1 is 0.865 bits per heavy atom. The molecule has 9 heteroatoms. The van der Waals surface area contributed by atoms with Crippen molar-refractivity contribution >= 4 is 35.1 Å². The van der Waals surface area contributed by atoms with Crippen LogP contribution in [0.3, 0.4) is 0 Å².